The van der Waals surface area contributed by atoms with Crippen molar-refractivity contribution in [3.05, 3.63) is 42.0 Å². The van der Waals surface area contributed by atoms with E-state index in [2.05, 4.69) is 31.2 Å². The molecule has 116 valence electrons. The minimum atomic E-state index is -0.274. The maximum absolute atomic E-state index is 11.0. The van der Waals surface area contributed by atoms with Crippen LogP contribution in [0, 0.1) is 5.92 Å². The molecule has 0 saturated heterocycles. The monoisotopic (exact) mass is 296 g/mol. The van der Waals surface area contributed by atoms with Crippen molar-refractivity contribution in [3.63, 3.8) is 0 Å². The van der Waals surface area contributed by atoms with E-state index in [0.29, 0.717) is 11.7 Å². The molecule has 0 bridgehead atoms. The summed E-state index contributed by atoms with van der Waals surface area (Å²) in [5.41, 5.74) is 1.46. The summed E-state index contributed by atoms with van der Waals surface area (Å²) in [5.74, 6) is 1.99. The number of rotatable bonds is 3. The zero-order valence-corrected chi connectivity index (χ0v) is 13.5. The molecule has 0 radical (unpaired) electrons. The Balaban J connectivity index is 1.80. The van der Waals surface area contributed by atoms with Crippen LogP contribution in [0.1, 0.15) is 57.4 Å². The lowest BCUT2D eigenvalue weighted by atomic mass is 9.77. The number of hydrogen-bond donors (Lipinski definition) is 0. The van der Waals surface area contributed by atoms with Crippen LogP contribution in [0.5, 0.6) is 5.75 Å². The fourth-order valence-corrected chi connectivity index (χ4v) is 3.63. The van der Waals surface area contributed by atoms with Crippen LogP contribution in [0.3, 0.4) is 0 Å². The van der Waals surface area contributed by atoms with Gasteiger partial charge in [-0.2, -0.15) is 0 Å². The fraction of sp³-hybridized carbons (Fsp3) is 0.450. The van der Waals surface area contributed by atoms with E-state index in [0.717, 1.165) is 11.3 Å². The van der Waals surface area contributed by atoms with E-state index in [-0.39, 0.29) is 5.97 Å². The van der Waals surface area contributed by atoms with E-state index in [4.69, 9.17) is 4.74 Å². The van der Waals surface area contributed by atoms with Crippen LogP contribution in [0.25, 0.3) is 10.8 Å². The lowest BCUT2D eigenvalue weighted by Gasteiger charge is -2.28. The number of benzene rings is 2. The third-order valence-electron chi connectivity index (χ3n) is 4.99. The molecular formula is C20H24O2. The predicted molar refractivity (Wildman–Crippen MR) is 90.2 cm³/mol. The Morgan fingerprint density at radius 2 is 1.73 bits per heavy atom. The number of esters is 1. The van der Waals surface area contributed by atoms with Gasteiger partial charge in [-0.3, -0.25) is 4.79 Å². The summed E-state index contributed by atoms with van der Waals surface area (Å²) in [4.78, 5) is 11.0. The number of carbonyl (C=O) groups excluding carboxylic acids is 1. The molecule has 0 aromatic heterocycles. The first-order valence-corrected chi connectivity index (χ1v) is 8.38. The first kappa shape index (κ1) is 15.1. The zero-order valence-electron chi connectivity index (χ0n) is 13.5. The summed E-state index contributed by atoms with van der Waals surface area (Å²) in [6.07, 6.45) is 6.68. The maximum atomic E-state index is 11.0. The first-order chi connectivity index (χ1) is 10.7. The fourth-order valence-electron chi connectivity index (χ4n) is 3.63. The van der Waals surface area contributed by atoms with Crippen molar-refractivity contribution in [2.75, 3.05) is 0 Å². The second-order valence-electron chi connectivity index (χ2n) is 6.49. The summed E-state index contributed by atoms with van der Waals surface area (Å²) < 4.78 is 5.15. The highest BCUT2D eigenvalue weighted by molar-refractivity contribution is 5.85. The van der Waals surface area contributed by atoms with E-state index >= 15 is 0 Å². The van der Waals surface area contributed by atoms with Gasteiger partial charge in [-0.05, 0) is 66.0 Å². The minimum Gasteiger partial charge on any atom is -0.427 e. The van der Waals surface area contributed by atoms with Crippen LogP contribution >= 0.6 is 0 Å². The van der Waals surface area contributed by atoms with Crippen molar-refractivity contribution in [1.29, 1.82) is 0 Å². The molecule has 2 aromatic rings. The van der Waals surface area contributed by atoms with E-state index in [1.807, 2.05) is 12.1 Å². The van der Waals surface area contributed by atoms with Crippen LogP contribution in [0.4, 0.5) is 0 Å². The molecule has 1 fully saturated rings. The van der Waals surface area contributed by atoms with Gasteiger partial charge in [0.25, 0.3) is 0 Å². The summed E-state index contributed by atoms with van der Waals surface area (Å²) in [7, 11) is 0. The molecule has 0 heterocycles. The van der Waals surface area contributed by atoms with Crippen LogP contribution in [-0.2, 0) is 4.79 Å². The van der Waals surface area contributed by atoms with Gasteiger partial charge in [0.15, 0.2) is 0 Å². The van der Waals surface area contributed by atoms with Gasteiger partial charge in [-0.15, -0.1) is 0 Å². The van der Waals surface area contributed by atoms with E-state index < -0.39 is 0 Å². The van der Waals surface area contributed by atoms with Gasteiger partial charge in [0, 0.05) is 6.92 Å². The second-order valence-corrected chi connectivity index (χ2v) is 6.49. The molecule has 0 aliphatic heterocycles. The molecule has 3 rings (SSSR count). The molecule has 1 aliphatic carbocycles. The van der Waals surface area contributed by atoms with E-state index in [1.54, 1.807) is 0 Å². The minimum absolute atomic E-state index is 0.274. The molecule has 1 aliphatic rings. The Labute approximate surface area is 132 Å². The van der Waals surface area contributed by atoms with Gasteiger partial charge in [0.2, 0.25) is 0 Å². The summed E-state index contributed by atoms with van der Waals surface area (Å²) in [5, 5.41) is 2.36. The molecule has 0 amide bonds. The molecule has 2 aromatic carbocycles. The lowest BCUT2D eigenvalue weighted by Crippen LogP contribution is -2.12. The van der Waals surface area contributed by atoms with Gasteiger partial charge in [0.05, 0.1) is 0 Å². The van der Waals surface area contributed by atoms with Crippen LogP contribution < -0.4 is 4.74 Å². The molecule has 0 N–H and O–H groups in total. The smallest absolute Gasteiger partial charge is 0.308 e. The third-order valence-corrected chi connectivity index (χ3v) is 4.99. The van der Waals surface area contributed by atoms with Gasteiger partial charge in [-0.25, -0.2) is 0 Å². The van der Waals surface area contributed by atoms with E-state index in [9.17, 15) is 4.79 Å². The zero-order chi connectivity index (χ0) is 15.5. The van der Waals surface area contributed by atoms with Crippen molar-refractivity contribution < 1.29 is 9.53 Å². The molecular weight excluding hydrogens is 272 g/mol. The average Bonchev–Trinajstić information content (AvgIpc) is 2.54. The average molecular weight is 296 g/mol. The van der Waals surface area contributed by atoms with Crippen LogP contribution in [0.15, 0.2) is 36.4 Å². The van der Waals surface area contributed by atoms with Crippen LogP contribution in [0.2, 0.25) is 0 Å². The largest absolute Gasteiger partial charge is 0.427 e. The van der Waals surface area contributed by atoms with E-state index in [1.165, 1.54) is 50.0 Å². The molecule has 2 nitrogen and oxygen atoms in total. The van der Waals surface area contributed by atoms with Crippen molar-refractivity contribution in [2.45, 2.75) is 51.9 Å². The van der Waals surface area contributed by atoms with Crippen molar-refractivity contribution in [2.24, 2.45) is 5.92 Å². The van der Waals surface area contributed by atoms with Gasteiger partial charge in [0.1, 0.15) is 5.75 Å². The van der Waals surface area contributed by atoms with Gasteiger partial charge < -0.3 is 4.74 Å². The molecule has 22 heavy (non-hydrogen) atoms. The Hall–Kier alpha value is -1.83. The second kappa shape index (κ2) is 6.51. The highest BCUT2D eigenvalue weighted by Crippen LogP contribution is 2.38. The summed E-state index contributed by atoms with van der Waals surface area (Å²) >= 11 is 0. The van der Waals surface area contributed by atoms with Crippen molar-refractivity contribution in [3.8, 4) is 5.75 Å². The Kier molecular flexibility index (Phi) is 4.47. The maximum Gasteiger partial charge on any atom is 0.308 e. The Morgan fingerprint density at radius 3 is 2.41 bits per heavy atom. The molecule has 0 atom stereocenters. The Morgan fingerprint density at radius 1 is 1.05 bits per heavy atom. The molecule has 1 saturated carbocycles. The quantitative estimate of drug-likeness (QED) is 0.556. The number of hydrogen-bond acceptors (Lipinski definition) is 2. The van der Waals surface area contributed by atoms with Crippen LogP contribution in [-0.4, -0.2) is 5.97 Å². The predicted octanol–water partition coefficient (Wildman–Crippen LogP) is 5.45. The standard InChI is InChI=1S/C20H24O2/c1-3-15-4-6-16(7-5-15)17-8-9-19-13-20(22-14(2)21)11-10-18(19)12-17/h8-13,15-16H,3-7H2,1-2H3. The topological polar surface area (TPSA) is 26.3 Å². The normalized spacial score (nSPS) is 21.7. The summed E-state index contributed by atoms with van der Waals surface area (Å²) in [6.45, 7) is 3.74. The third kappa shape index (κ3) is 3.32. The SMILES string of the molecule is CCC1CCC(c2ccc3cc(OC(C)=O)ccc3c2)CC1. The lowest BCUT2D eigenvalue weighted by molar-refractivity contribution is -0.131. The first-order valence-electron chi connectivity index (χ1n) is 8.38. The Bertz CT molecular complexity index is 666. The molecule has 0 spiro atoms. The van der Waals surface area contributed by atoms with Crippen molar-refractivity contribution in [1.82, 2.24) is 0 Å². The van der Waals surface area contributed by atoms with Crippen molar-refractivity contribution >= 4 is 16.7 Å². The summed E-state index contributed by atoms with van der Waals surface area (Å²) in [6, 6.07) is 12.6. The molecule has 2 heteroatoms. The highest BCUT2D eigenvalue weighted by Gasteiger charge is 2.21. The highest BCUT2D eigenvalue weighted by atomic mass is 16.5. The molecule has 0 unspecified atom stereocenters. The number of fused-ring (bicyclic) bond motifs is 1. The number of carbonyl (C=O) groups is 1. The van der Waals surface area contributed by atoms with Gasteiger partial charge >= 0.3 is 5.97 Å². The number of ether oxygens (including phenoxy) is 1. The van der Waals surface area contributed by atoms with Gasteiger partial charge in [-0.1, -0.05) is 37.6 Å².